The number of esters is 2. The van der Waals surface area contributed by atoms with Gasteiger partial charge in [-0.1, -0.05) is 78.9 Å². The lowest BCUT2D eigenvalue weighted by Gasteiger charge is -2.12. The van der Waals surface area contributed by atoms with Crippen molar-refractivity contribution in [2.45, 2.75) is 12.1 Å². The van der Waals surface area contributed by atoms with Crippen LogP contribution in [0.4, 0.5) is 13.2 Å². The van der Waals surface area contributed by atoms with E-state index in [-0.39, 0.29) is 23.5 Å². The average Bonchev–Trinajstić information content (AvgIpc) is 3.09. The monoisotopic (exact) mass is 678 g/mol. The van der Waals surface area contributed by atoms with Gasteiger partial charge in [0.05, 0.1) is 26.3 Å². The summed E-state index contributed by atoms with van der Waals surface area (Å²) in [5.41, 5.74) is -2.12. The van der Waals surface area contributed by atoms with Crippen molar-refractivity contribution in [3.8, 4) is 16.9 Å². The smallest absolute Gasteiger partial charge is 0.464 e. The van der Waals surface area contributed by atoms with Crippen molar-refractivity contribution >= 4 is 54.6 Å². The van der Waals surface area contributed by atoms with Crippen LogP contribution in [0.1, 0.15) is 26.5 Å². The molecule has 246 valence electrons. The Morgan fingerprint density at radius 2 is 1.21 bits per heavy atom. The number of alkyl halides is 3. The molecule has 4 aromatic carbocycles. The summed E-state index contributed by atoms with van der Waals surface area (Å²) in [6.45, 7) is -0.0128. The first-order valence-corrected chi connectivity index (χ1v) is 15.4. The van der Waals surface area contributed by atoms with Crippen molar-refractivity contribution in [1.82, 2.24) is 9.97 Å². The average molecular weight is 679 g/mol. The number of fused-ring (bicyclic) bond motifs is 3. The molecule has 2 aromatic heterocycles. The van der Waals surface area contributed by atoms with E-state index in [0.29, 0.717) is 5.39 Å². The summed E-state index contributed by atoms with van der Waals surface area (Å²) in [4.78, 5) is 31.6. The number of halogens is 3. The van der Waals surface area contributed by atoms with Crippen LogP contribution in [0.3, 0.4) is 0 Å². The van der Waals surface area contributed by atoms with E-state index in [0.717, 1.165) is 51.5 Å². The first-order valence-electron chi connectivity index (χ1n) is 14.0. The van der Waals surface area contributed by atoms with Gasteiger partial charge < -0.3 is 18.8 Å². The maximum atomic E-state index is 12.4. The molecule has 0 atom stereocenters. The van der Waals surface area contributed by atoms with Crippen LogP contribution >= 0.6 is 0 Å². The Labute approximate surface area is 271 Å². The third-order valence-corrected chi connectivity index (χ3v) is 8.11. The third kappa shape index (κ3) is 6.75. The highest BCUT2D eigenvalue weighted by Gasteiger charge is 2.48. The second-order valence-corrected chi connectivity index (χ2v) is 11.6. The van der Waals surface area contributed by atoms with Gasteiger partial charge in [-0.05, 0) is 40.1 Å². The maximum absolute atomic E-state index is 12.4. The lowest BCUT2D eigenvalue weighted by Crippen LogP contribution is -2.28. The Hall–Kier alpha value is -5.60. The molecule has 0 aliphatic heterocycles. The summed E-state index contributed by atoms with van der Waals surface area (Å²) in [6.07, 6.45) is 0. The molecule has 0 fully saturated rings. The van der Waals surface area contributed by atoms with E-state index < -0.39 is 33.3 Å². The number of para-hydroxylation sites is 2. The van der Waals surface area contributed by atoms with Gasteiger partial charge in [-0.25, -0.2) is 19.6 Å². The SMILES string of the molecule is COC(=O)c1ccc2cccc(-c3cccc4c(CO)cccc34)c2n1.COC(=O)c1ccc2cccc(OS(=O)(=O)C(F)(F)F)c2n1. The lowest BCUT2D eigenvalue weighted by atomic mass is 9.94. The zero-order chi connectivity index (χ0) is 34.6. The van der Waals surface area contributed by atoms with Gasteiger partial charge in [-0.2, -0.15) is 21.6 Å². The Morgan fingerprint density at radius 1 is 0.688 bits per heavy atom. The number of hydrogen-bond donors (Lipinski definition) is 1. The predicted octanol–water partition coefficient (Wildman–Crippen LogP) is 6.58. The molecule has 0 spiro atoms. The van der Waals surface area contributed by atoms with Gasteiger partial charge in [-0.3, -0.25) is 0 Å². The maximum Gasteiger partial charge on any atom is 0.534 e. The summed E-state index contributed by atoms with van der Waals surface area (Å²) in [6, 6.07) is 27.8. The molecule has 0 aliphatic rings. The molecule has 2 heterocycles. The molecule has 14 heteroatoms. The van der Waals surface area contributed by atoms with Gasteiger partial charge in [0.25, 0.3) is 0 Å². The lowest BCUT2D eigenvalue weighted by molar-refractivity contribution is -0.0499. The van der Waals surface area contributed by atoms with E-state index in [4.69, 9.17) is 4.74 Å². The van der Waals surface area contributed by atoms with Gasteiger partial charge >= 0.3 is 27.6 Å². The van der Waals surface area contributed by atoms with Crippen LogP contribution in [0.25, 0.3) is 43.7 Å². The summed E-state index contributed by atoms with van der Waals surface area (Å²) < 4.78 is 72.6. The van der Waals surface area contributed by atoms with Crippen molar-refractivity contribution in [2.24, 2.45) is 0 Å². The van der Waals surface area contributed by atoms with Crippen LogP contribution in [0.5, 0.6) is 5.75 Å². The second-order valence-electron chi connectivity index (χ2n) is 10.0. The van der Waals surface area contributed by atoms with Crippen LogP contribution in [0.2, 0.25) is 0 Å². The number of carbonyl (C=O) groups excluding carboxylic acids is 2. The van der Waals surface area contributed by atoms with Crippen LogP contribution in [0.15, 0.2) is 97.1 Å². The van der Waals surface area contributed by atoms with Gasteiger partial charge in [0.1, 0.15) is 16.9 Å². The van der Waals surface area contributed by atoms with Crippen molar-refractivity contribution in [3.05, 3.63) is 114 Å². The van der Waals surface area contributed by atoms with E-state index >= 15 is 0 Å². The third-order valence-electron chi connectivity index (χ3n) is 7.15. The van der Waals surface area contributed by atoms with Crippen molar-refractivity contribution < 1.29 is 49.9 Å². The minimum atomic E-state index is -5.84. The van der Waals surface area contributed by atoms with Gasteiger partial charge in [0.15, 0.2) is 5.75 Å². The van der Waals surface area contributed by atoms with Crippen LogP contribution < -0.4 is 4.18 Å². The van der Waals surface area contributed by atoms with E-state index in [9.17, 15) is 36.3 Å². The van der Waals surface area contributed by atoms with E-state index in [1.165, 1.54) is 31.4 Å². The van der Waals surface area contributed by atoms with Crippen LogP contribution in [0, 0.1) is 0 Å². The number of rotatable bonds is 6. The Balaban J connectivity index is 0.000000191. The molecule has 0 saturated carbocycles. The fraction of sp³-hybridized carbons (Fsp3) is 0.118. The molecule has 0 unspecified atom stereocenters. The van der Waals surface area contributed by atoms with E-state index in [1.807, 2.05) is 60.7 Å². The molecule has 6 rings (SSSR count). The highest BCUT2D eigenvalue weighted by atomic mass is 32.2. The fourth-order valence-corrected chi connectivity index (χ4v) is 5.37. The number of aromatic nitrogens is 2. The van der Waals surface area contributed by atoms with Gasteiger partial charge in [-0.15, -0.1) is 0 Å². The van der Waals surface area contributed by atoms with E-state index in [2.05, 4.69) is 18.9 Å². The van der Waals surface area contributed by atoms with E-state index in [1.54, 1.807) is 6.07 Å². The molecule has 0 radical (unpaired) electrons. The van der Waals surface area contributed by atoms with Crippen molar-refractivity contribution in [3.63, 3.8) is 0 Å². The summed E-state index contributed by atoms with van der Waals surface area (Å²) in [5.74, 6) is -1.92. The Bertz CT molecular complexity index is 2290. The number of benzene rings is 4. The number of pyridine rings is 2. The minimum Gasteiger partial charge on any atom is -0.464 e. The number of methoxy groups -OCH3 is 2. The standard InChI is InChI=1S/C22H17NO3.C12H8F3NO5S/c1-26-22(25)20-12-11-14-5-2-10-19(21(14)23-20)18-9-4-7-16-15(13-24)6-3-8-17(16)18;1-20-11(17)8-6-5-7-3-2-4-9(10(7)16-8)21-22(18,19)12(13,14)15/h2-12,24H,13H2,1H3;2-6H,1H3. The fourth-order valence-electron chi connectivity index (χ4n) is 4.90. The molecule has 10 nitrogen and oxygen atoms in total. The number of ether oxygens (including phenoxy) is 2. The van der Waals surface area contributed by atoms with Crippen molar-refractivity contribution in [1.29, 1.82) is 0 Å². The largest absolute Gasteiger partial charge is 0.534 e. The number of nitrogens with zero attached hydrogens (tertiary/aromatic N) is 2. The number of aliphatic hydroxyl groups is 1. The Morgan fingerprint density at radius 3 is 1.81 bits per heavy atom. The van der Waals surface area contributed by atoms with Crippen LogP contribution in [-0.2, 0) is 26.2 Å². The summed E-state index contributed by atoms with van der Waals surface area (Å²) in [5, 5.41) is 12.9. The summed E-state index contributed by atoms with van der Waals surface area (Å²) >= 11 is 0. The molecule has 6 aromatic rings. The Kier molecular flexibility index (Phi) is 9.59. The number of carbonyl (C=O) groups is 2. The van der Waals surface area contributed by atoms with Crippen LogP contribution in [-0.4, -0.2) is 55.2 Å². The molecular formula is C34H25F3N2O8S. The molecule has 48 heavy (non-hydrogen) atoms. The quantitative estimate of drug-likeness (QED) is 0.117. The minimum absolute atomic E-state index is 0.0128. The topological polar surface area (TPSA) is 142 Å². The second kappa shape index (κ2) is 13.6. The highest BCUT2D eigenvalue weighted by Crippen LogP contribution is 2.35. The number of aliphatic hydroxyl groups excluding tert-OH is 1. The van der Waals surface area contributed by atoms with Gasteiger partial charge in [0.2, 0.25) is 0 Å². The predicted molar refractivity (Wildman–Crippen MR) is 171 cm³/mol. The molecular weight excluding hydrogens is 653 g/mol. The normalized spacial score (nSPS) is 11.5. The highest BCUT2D eigenvalue weighted by molar-refractivity contribution is 7.88. The first-order chi connectivity index (χ1) is 22.9. The summed E-state index contributed by atoms with van der Waals surface area (Å²) in [7, 11) is -3.39. The van der Waals surface area contributed by atoms with Crippen molar-refractivity contribution in [2.75, 3.05) is 14.2 Å². The number of hydrogen-bond acceptors (Lipinski definition) is 10. The van der Waals surface area contributed by atoms with Gasteiger partial charge in [0, 0.05) is 16.3 Å². The zero-order valence-corrected chi connectivity index (χ0v) is 26.0. The molecule has 0 aliphatic carbocycles. The zero-order valence-electron chi connectivity index (χ0n) is 25.2. The molecule has 1 N–H and O–H groups in total. The molecule has 0 bridgehead atoms. The first kappa shape index (κ1) is 33.8. The molecule has 0 amide bonds. The molecule has 0 saturated heterocycles.